The predicted molar refractivity (Wildman–Crippen MR) is 150 cm³/mol. The van der Waals surface area contributed by atoms with Gasteiger partial charge in [0, 0.05) is 24.2 Å². The molecular weight excluding hydrogens is 514 g/mol. The number of nitriles is 1. The van der Waals surface area contributed by atoms with E-state index in [9.17, 15) is 18.3 Å². The van der Waals surface area contributed by atoms with Gasteiger partial charge in [0.1, 0.15) is 17.4 Å². The van der Waals surface area contributed by atoms with Crippen LogP contribution in [0.3, 0.4) is 0 Å². The molecule has 1 aromatic heterocycles. The molecule has 0 aliphatic carbocycles. The highest BCUT2D eigenvalue weighted by atomic mass is 32.2. The number of benzene rings is 1. The van der Waals surface area contributed by atoms with Gasteiger partial charge in [-0.15, -0.1) is 0 Å². The predicted octanol–water partition coefficient (Wildman–Crippen LogP) is 6.47. The number of rotatable bonds is 9. The van der Waals surface area contributed by atoms with Crippen molar-refractivity contribution in [2.75, 3.05) is 4.72 Å². The van der Waals surface area contributed by atoms with E-state index in [1.165, 1.54) is 18.3 Å². The van der Waals surface area contributed by atoms with Gasteiger partial charge in [-0.25, -0.2) is 9.78 Å². The Balaban J connectivity index is 2.02. The number of aliphatic hydroxyl groups is 1. The smallest absolute Gasteiger partial charge is 0.338 e. The Bertz CT molecular complexity index is 1370. The molecule has 8 nitrogen and oxygen atoms in total. The molecule has 39 heavy (non-hydrogen) atoms. The van der Waals surface area contributed by atoms with Crippen molar-refractivity contribution in [3.63, 3.8) is 0 Å². The molecule has 2 N–H and O–H groups in total. The summed E-state index contributed by atoms with van der Waals surface area (Å²) in [6.45, 7) is 14.2. The molecule has 0 saturated carbocycles. The molecule has 2 aromatic rings. The SMILES string of the molecule is CC(C)CC1(CC(C)C)CC(O)=C(C(c2cccc(NS(=O)(=O)c3ccc(C#N)cn3)c2)C(C)(C)C)C(=O)O1. The lowest BCUT2D eigenvalue weighted by Gasteiger charge is -2.42. The molecule has 1 unspecified atom stereocenters. The van der Waals surface area contributed by atoms with Crippen molar-refractivity contribution < 1.29 is 23.1 Å². The lowest BCUT2D eigenvalue weighted by atomic mass is 9.69. The first-order chi connectivity index (χ1) is 18.1. The van der Waals surface area contributed by atoms with Crippen LogP contribution in [-0.2, 0) is 19.6 Å². The van der Waals surface area contributed by atoms with Gasteiger partial charge in [0.2, 0.25) is 0 Å². The summed E-state index contributed by atoms with van der Waals surface area (Å²) in [6.07, 6.45) is 2.74. The Morgan fingerprint density at radius 3 is 2.26 bits per heavy atom. The van der Waals surface area contributed by atoms with E-state index in [4.69, 9.17) is 10.00 Å². The van der Waals surface area contributed by atoms with Crippen molar-refractivity contribution >= 4 is 21.7 Å². The van der Waals surface area contributed by atoms with Crippen molar-refractivity contribution in [1.29, 1.82) is 5.26 Å². The molecule has 0 amide bonds. The number of carbonyl (C=O) groups excluding carboxylic acids is 1. The molecule has 3 rings (SSSR count). The number of anilines is 1. The van der Waals surface area contributed by atoms with Gasteiger partial charge >= 0.3 is 5.97 Å². The second kappa shape index (κ2) is 11.4. The summed E-state index contributed by atoms with van der Waals surface area (Å²) in [5.41, 5.74) is 0.132. The van der Waals surface area contributed by atoms with E-state index in [-0.39, 0.29) is 45.9 Å². The maximum atomic E-state index is 13.6. The highest BCUT2D eigenvalue weighted by Crippen LogP contribution is 2.48. The van der Waals surface area contributed by atoms with Crippen LogP contribution in [-0.4, -0.2) is 30.1 Å². The van der Waals surface area contributed by atoms with Crippen LogP contribution in [0.25, 0.3) is 0 Å². The molecular formula is C30H39N3O5S. The number of ether oxygens (including phenoxy) is 1. The minimum Gasteiger partial charge on any atom is -0.512 e. The monoisotopic (exact) mass is 553 g/mol. The van der Waals surface area contributed by atoms with Gasteiger partial charge in [-0.1, -0.05) is 60.6 Å². The lowest BCUT2D eigenvalue weighted by molar-refractivity contribution is -0.164. The highest BCUT2D eigenvalue weighted by molar-refractivity contribution is 7.92. The summed E-state index contributed by atoms with van der Waals surface area (Å²) in [5, 5.41) is 20.1. The molecule has 1 aliphatic rings. The number of aliphatic hydroxyl groups excluding tert-OH is 1. The second-order valence-corrected chi connectivity index (χ2v) is 14.0. The molecule has 1 aromatic carbocycles. The zero-order valence-corrected chi connectivity index (χ0v) is 24.6. The molecule has 0 spiro atoms. The third-order valence-electron chi connectivity index (χ3n) is 6.66. The van der Waals surface area contributed by atoms with Crippen LogP contribution in [0.5, 0.6) is 0 Å². The van der Waals surface area contributed by atoms with Gasteiger partial charge in [-0.3, -0.25) is 4.72 Å². The number of nitrogens with zero attached hydrogens (tertiary/aromatic N) is 2. The van der Waals surface area contributed by atoms with Crippen LogP contribution in [0, 0.1) is 28.6 Å². The van der Waals surface area contributed by atoms with Crippen molar-refractivity contribution in [2.45, 2.75) is 84.3 Å². The highest BCUT2D eigenvalue weighted by Gasteiger charge is 2.47. The van der Waals surface area contributed by atoms with Gasteiger partial charge in [0.15, 0.2) is 5.03 Å². The number of pyridine rings is 1. The maximum absolute atomic E-state index is 13.6. The first-order valence-electron chi connectivity index (χ1n) is 13.2. The van der Waals surface area contributed by atoms with Gasteiger partial charge in [-0.05, 0) is 59.9 Å². The number of sulfonamides is 1. The zero-order valence-electron chi connectivity index (χ0n) is 23.8. The summed E-state index contributed by atoms with van der Waals surface area (Å²) in [4.78, 5) is 17.5. The summed E-state index contributed by atoms with van der Waals surface area (Å²) in [7, 11) is -4.02. The minimum atomic E-state index is -4.02. The standard InChI is InChI=1S/C30H39N3O5S/c1-19(2)14-30(15-20(3)4)16-24(34)26(28(35)38-30)27(29(5,6)7)22-9-8-10-23(13-22)33-39(36,37)25-12-11-21(17-31)18-32-25/h8-13,18-20,27,33-34H,14-16H2,1-7H3. The number of nitrogens with one attached hydrogen (secondary N) is 1. The van der Waals surface area contributed by atoms with E-state index in [1.807, 2.05) is 32.9 Å². The van der Waals surface area contributed by atoms with Gasteiger partial charge in [0.25, 0.3) is 10.0 Å². The first kappa shape index (κ1) is 30.2. The first-order valence-corrected chi connectivity index (χ1v) is 14.7. The van der Waals surface area contributed by atoms with Crippen molar-refractivity contribution in [2.24, 2.45) is 17.3 Å². The summed E-state index contributed by atoms with van der Waals surface area (Å²) in [6, 6.07) is 11.3. The number of hydrogen-bond donors (Lipinski definition) is 2. The lowest BCUT2D eigenvalue weighted by Crippen LogP contribution is -2.44. The van der Waals surface area contributed by atoms with E-state index >= 15 is 0 Å². The van der Waals surface area contributed by atoms with Crippen LogP contribution in [0.15, 0.2) is 59.0 Å². The quantitative estimate of drug-likeness (QED) is 0.340. The summed E-state index contributed by atoms with van der Waals surface area (Å²) in [5.74, 6) is -0.509. The largest absolute Gasteiger partial charge is 0.512 e. The van der Waals surface area contributed by atoms with Crippen LogP contribution in [0.4, 0.5) is 5.69 Å². The average Bonchev–Trinajstić information content (AvgIpc) is 2.79. The fraction of sp³-hybridized carbons (Fsp3) is 0.500. The maximum Gasteiger partial charge on any atom is 0.338 e. The Hall–Kier alpha value is -3.38. The van der Waals surface area contributed by atoms with E-state index in [0.717, 1.165) is 0 Å². The number of esters is 1. The van der Waals surface area contributed by atoms with Crippen molar-refractivity contribution in [3.8, 4) is 6.07 Å². The van der Waals surface area contributed by atoms with Gasteiger partial charge in [0.05, 0.1) is 11.1 Å². The van der Waals surface area contributed by atoms with Crippen molar-refractivity contribution in [3.05, 3.63) is 65.1 Å². The summed E-state index contributed by atoms with van der Waals surface area (Å²) < 4.78 is 34.6. The molecule has 0 radical (unpaired) electrons. The molecule has 2 heterocycles. The Morgan fingerprint density at radius 1 is 1.13 bits per heavy atom. The third-order valence-corrected chi connectivity index (χ3v) is 7.95. The molecule has 210 valence electrons. The summed E-state index contributed by atoms with van der Waals surface area (Å²) >= 11 is 0. The molecule has 9 heteroatoms. The van der Waals surface area contributed by atoms with Crippen molar-refractivity contribution in [1.82, 2.24) is 4.98 Å². The van der Waals surface area contributed by atoms with Gasteiger partial charge < -0.3 is 9.84 Å². The zero-order chi connectivity index (χ0) is 29.2. The van der Waals surface area contributed by atoms with E-state index in [1.54, 1.807) is 18.2 Å². The van der Waals surface area contributed by atoms with Gasteiger partial charge in [-0.2, -0.15) is 13.7 Å². The molecule has 1 aliphatic heterocycles. The fourth-order valence-electron chi connectivity index (χ4n) is 5.58. The molecule has 0 fully saturated rings. The Labute approximate surface area is 232 Å². The van der Waals surface area contributed by atoms with E-state index in [0.29, 0.717) is 18.4 Å². The number of cyclic esters (lactones) is 1. The molecule has 0 bridgehead atoms. The van der Waals surface area contributed by atoms with Crippen LogP contribution in [0.2, 0.25) is 0 Å². The topological polar surface area (TPSA) is 129 Å². The van der Waals surface area contributed by atoms with Crippen LogP contribution < -0.4 is 4.72 Å². The average molecular weight is 554 g/mol. The third kappa shape index (κ3) is 7.18. The Morgan fingerprint density at radius 2 is 1.77 bits per heavy atom. The second-order valence-electron chi connectivity index (χ2n) is 12.3. The number of hydrogen-bond acceptors (Lipinski definition) is 7. The normalized spacial score (nSPS) is 16.7. The van der Waals surface area contributed by atoms with E-state index < -0.39 is 32.9 Å². The fourth-order valence-corrected chi connectivity index (χ4v) is 6.56. The Kier molecular flexibility index (Phi) is 8.81. The minimum absolute atomic E-state index is 0.0280. The molecule has 0 saturated heterocycles. The molecule has 1 atom stereocenters. The van der Waals surface area contributed by atoms with Crippen LogP contribution >= 0.6 is 0 Å². The number of aromatic nitrogens is 1. The van der Waals surface area contributed by atoms with E-state index in [2.05, 4.69) is 37.4 Å². The number of carbonyl (C=O) groups is 1. The van der Waals surface area contributed by atoms with Crippen LogP contribution in [0.1, 0.15) is 84.8 Å².